The number of imidazole rings is 1. The van der Waals surface area contributed by atoms with Crippen LogP contribution in [0.3, 0.4) is 0 Å². The van der Waals surface area contributed by atoms with E-state index < -0.39 is 24.5 Å². The zero-order valence-electron chi connectivity index (χ0n) is 17.2. The average Bonchev–Trinajstić information content (AvgIpc) is 3.29. The number of hydrogen-bond acceptors (Lipinski definition) is 6. The maximum Gasteiger partial charge on any atom is 0.408 e. The smallest absolute Gasteiger partial charge is 0.408 e. The van der Waals surface area contributed by atoms with Gasteiger partial charge in [-0.2, -0.15) is 18.3 Å². The minimum Gasteiger partial charge on any atom is -0.491 e. The summed E-state index contributed by atoms with van der Waals surface area (Å²) >= 11 is 0. The number of nitrogens with zero attached hydrogens (tertiary/aromatic N) is 5. The summed E-state index contributed by atoms with van der Waals surface area (Å²) in [6.07, 6.45) is -1.33. The third-order valence-corrected chi connectivity index (χ3v) is 5.08. The SMILES string of the molecule is COC[C@H](Cc1ccc2c(c1)OCCn1cc(-c3ncnn3CC(F)(F)F)nc1-2)C(N)=O. The average molecular weight is 450 g/mol. The summed E-state index contributed by atoms with van der Waals surface area (Å²) in [4.78, 5) is 20.1. The maximum atomic E-state index is 12.9. The molecular weight excluding hydrogens is 429 g/mol. The zero-order valence-corrected chi connectivity index (χ0v) is 17.2. The van der Waals surface area contributed by atoms with E-state index in [1.807, 2.05) is 22.8 Å². The van der Waals surface area contributed by atoms with Gasteiger partial charge in [0.05, 0.1) is 24.6 Å². The quantitative estimate of drug-likeness (QED) is 0.590. The van der Waals surface area contributed by atoms with E-state index in [0.29, 0.717) is 36.7 Å². The van der Waals surface area contributed by atoms with Crippen molar-refractivity contribution in [1.82, 2.24) is 24.3 Å². The summed E-state index contributed by atoms with van der Waals surface area (Å²) in [5.74, 6) is 0.217. The van der Waals surface area contributed by atoms with Gasteiger partial charge in [0.2, 0.25) is 5.91 Å². The van der Waals surface area contributed by atoms with Gasteiger partial charge in [0, 0.05) is 13.3 Å². The Balaban J connectivity index is 1.66. The van der Waals surface area contributed by atoms with E-state index in [9.17, 15) is 18.0 Å². The first-order valence-corrected chi connectivity index (χ1v) is 9.81. The molecule has 4 rings (SSSR count). The van der Waals surface area contributed by atoms with E-state index in [4.69, 9.17) is 15.2 Å². The van der Waals surface area contributed by atoms with Crippen LogP contribution in [0.2, 0.25) is 0 Å². The molecule has 3 heterocycles. The Bertz CT molecular complexity index is 1120. The number of nitrogens with two attached hydrogens (primary N) is 1. The number of fused-ring (bicyclic) bond motifs is 3. The molecule has 0 fully saturated rings. The van der Waals surface area contributed by atoms with Gasteiger partial charge in [-0.15, -0.1) is 0 Å². The molecule has 12 heteroatoms. The summed E-state index contributed by atoms with van der Waals surface area (Å²) in [6.45, 7) is -0.255. The zero-order chi connectivity index (χ0) is 22.9. The van der Waals surface area contributed by atoms with Gasteiger partial charge >= 0.3 is 6.18 Å². The fraction of sp³-hybridized carbons (Fsp3) is 0.400. The molecule has 0 aliphatic carbocycles. The number of alkyl halides is 3. The van der Waals surface area contributed by atoms with Crippen LogP contribution in [0.4, 0.5) is 13.2 Å². The summed E-state index contributed by atoms with van der Waals surface area (Å²) in [6, 6.07) is 5.46. The Morgan fingerprint density at radius 2 is 2.16 bits per heavy atom. The molecule has 9 nitrogen and oxygen atoms in total. The lowest BCUT2D eigenvalue weighted by atomic mass is 9.98. The molecule has 32 heavy (non-hydrogen) atoms. The van der Waals surface area contributed by atoms with E-state index in [1.54, 1.807) is 6.20 Å². The molecule has 0 saturated carbocycles. The van der Waals surface area contributed by atoms with Crippen molar-refractivity contribution in [3.63, 3.8) is 0 Å². The van der Waals surface area contributed by atoms with Crippen molar-refractivity contribution < 1.29 is 27.4 Å². The van der Waals surface area contributed by atoms with E-state index in [0.717, 1.165) is 16.6 Å². The highest BCUT2D eigenvalue weighted by Gasteiger charge is 2.31. The fourth-order valence-electron chi connectivity index (χ4n) is 3.64. The number of carbonyl (C=O) groups excluding carboxylic acids is 1. The van der Waals surface area contributed by atoms with Gasteiger partial charge < -0.3 is 19.8 Å². The highest BCUT2D eigenvalue weighted by atomic mass is 19.4. The van der Waals surface area contributed by atoms with Crippen LogP contribution in [0.1, 0.15) is 5.56 Å². The number of primary amides is 1. The molecule has 3 aromatic rings. The highest BCUT2D eigenvalue weighted by Crippen LogP contribution is 2.35. The summed E-state index contributed by atoms with van der Waals surface area (Å²) in [5.41, 5.74) is 7.26. The first-order chi connectivity index (χ1) is 15.2. The number of aromatic nitrogens is 5. The van der Waals surface area contributed by atoms with E-state index in [1.165, 1.54) is 7.11 Å². The lowest BCUT2D eigenvalue weighted by Crippen LogP contribution is -2.28. The minimum atomic E-state index is -4.43. The molecule has 2 aromatic heterocycles. The summed E-state index contributed by atoms with van der Waals surface area (Å²) in [7, 11) is 1.50. The number of halogens is 3. The molecule has 1 atom stereocenters. The molecule has 0 radical (unpaired) electrons. The van der Waals surface area contributed by atoms with Gasteiger partial charge in [-0.1, -0.05) is 6.07 Å². The van der Waals surface area contributed by atoms with Gasteiger partial charge in [0.1, 0.15) is 36.7 Å². The van der Waals surface area contributed by atoms with Crippen LogP contribution in [-0.2, 0) is 29.0 Å². The Hall–Kier alpha value is -3.41. The van der Waals surface area contributed by atoms with Crippen molar-refractivity contribution in [2.24, 2.45) is 11.7 Å². The topological polar surface area (TPSA) is 110 Å². The second-order valence-corrected chi connectivity index (χ2v) is 7.44. The van der Waals surface area contributed by atoms with Crippen molar-refractivity contribution in [3.05, 3.63) is 36.3 Å². The minimum absolute atomic E-state index is 0.0332. The maximum absolute atomic E-state index is 12.9. The number of rotatable bonds is 7. The molecule has 0 unspecified atom stereocenters. The van der Waals surface area contributed by atoms with Crippen LogP contribution in [0.25, 0.3) is 22.9 Å². The molecule has 1 amide bonds. The van der Waals surface area contributed by atoms with Gasteiger partial charge in [-0.3, -0.25) is 4.79 Å². The molecule has 0 saturated heterocycles. The van der Waals surface area contributed by atoms with Gasteiger partial charge in [-0.25, -0.2) is 14.6 Å². The van der Waals surface area contributed by atoms with Crippen LogP contribution < -0.4 is 10.5 Å². The Morgan fingerprint density at radius 1 is 1.34 bits per heavy atom. The van der Waals surface area contributed by atoms with Crippen LogP contribution in [0, 0.1) is 5.92 Å². The number of carbonyl (C=O) groups is 1. The molecule has 1 aliphatic rings. The van der Waals surface area contributed by atoms with Crippen molar-refractivity contribution >= 4 is 5.91 Å². The fourth-order valence-corrected chi connectivity index (χ4v) is 3.64. The Kier molecular flexibility index (Phi) is 5.87. The summed E-state index contributed by atoms with van der Waals surface area (Å²) < 4.78 is 52.1. The Morgan fingerprint density at radius 3 is 2.88 bits per heavy atom. The number of benzene rings is 1. The monoisotopic (exact) mass is 450 g/mol. The molecule has 0 bridgehead atoms. The Labute approximate surface area is 181 Å². The van der Waals surface area contributed by atoms with Crippen LogP contribution in [0.5, 0.6) is 5.75 Å². The molecule has 170 valence electrons. The van der Waals surface area contributed by atoms with Crippen LogP contribution in [-0.4, -0.2) is 56.7 Å². The number of hydrogen-bond donors (Lipinski definition) is 1. The standard InChI is InChI=1S/C20H21F3N6O3/c1-31-9-13(17(24)30)6-12-2-3-14-16(7-12)32-5-4-28-8-15(27-18(14)28)19-25-11-26-29(19)10-20(21,22)23/h2-3,7-8,11,13H,4-6,9-10H2,1H3,(H2,24,30)/t13-/m0/s1. The van der Waals surface area contributed by atoms with Gasteiger partial charge in [-0.05, 0) is 24.1 Å². The highest BCUT2D eigenvalue weighted by molar-refractivity contribution is 5.77. The molecule has 1 aliphatic heterocycles. The van der Waals surface area contributed by atoms with Crippen LogP contribution in [0.15, 0.2) is 30.7 Å². The molecule has 0 spiro atoms. The largest absolute Gasteiger partial charge is 0.491 e. The van der Waals surface area contributed by atoms with Crippen molar-refractivity contribution in [2.75, 3.05) is 20.3 Å². The second kappa shape index (κ2) is 8.61. The molecular formula is C20H21F3N6O3. The number of ether oxygens (including phenoxy) is 2. The lowest BCUT2D eigenvalue weighted by molar-refractivity contribution is -0.142. The van der Waals surface area contributed by atoms with E-state index >= 15 is 0 Å². The molecule has 1 aromatic carbocycles. The predicted molar refractivity (Wildman–Crippen MR) is 106 cm³/mol. The first kappa shape index (κ1) is 21.8. The van der Waals surface area contributed by atoms with E-state index in [2.05, 4.69) is 15.1 Å². The number of amides is 1. The van der Waals surface area contributed by atoms with Crippen molar-refractivity contribution in [2.45, 2.75) is 25.7 Å². The van der Waals surface area contributed by atoms with E-state index in [-0.39, 0.29) is 18.1 Å². The van der Waals surface area contributed by atoms with Gasteiger partial charge in [0.15, 0.2) is 5.82 Å². The third-order valence-electron chi connectivity index (χ3n) is 5.08. The molecule has 2 N–H and O–H groups in total. The first-order valence-electron chi connectivity index (χ1n) is 9.81. The lowest BCUT2D eigenvalue weighted by Gasteiger charge is -2.14. The van der Waals surface area contributed by atoms with Crippen molar-refractivity contribution in [3.8, 4) is 28.7 Å². The third kappa shape index (κ3) is 4.59. The normalized spacial score (nSPS) is 14.2. The second-order valence-electron chi connectivity index (χ2n) is 7.44. The van der Waals surface area contributed by atoms with Crippen LogP contribution >= 0.6 is 0 Å². The summed E-state index contributed by atoms with van der Waals surface area (Å²) in [5, 5.41) is 3.68. The van der Waals surface area contributed by atoms with Crippen molar-refractivity contribution in [1.29, 1.82) is 0 Å². The predicted octanol–water partition coefficient (Wildman–Crippen LogP) is 2.05. The number of methoxy groups -OCH3 is 1. The van der Waals surface area contributed by atoms with Gasteiger partial charge in [0.25, 0.3) is 0 Å².